The van der Waals surface area contributed by atoms with Crippen molar-refractivity contribution in [2.75, 3.05) is 19.0 Å². The number of aromatic nitrogens is 5. The second kappa shape index (κ2) is 8.62. The van der Waals surface area contributed by atoms with Gasteiger partial charge in [-0.15, -0.1) is 0 Å². The monoisotopic (exact) mass is 453 g/mol. The Morgan fingerprint density at radius 2 is 1.91 bits per heavy atom. The molecule has 1 aromatic carbocycles. The summed E-state index contributed by atoms with van der Waals surface area (Å²) in [6.07, 6.45) is 5.48. The molecular formula is C26H27N7O. The Labute approximate surface area is 197 Å². The van der Waals surface area contributed by atoms with Crippen LogP contribution in [0, 0.1) is 0 Å². The fraction of sp³-hybridized carbons (Fsp3) is 0.231. The van der Waals surface area contributed by atoms with E-state index < -0.39 is 0 Å². The minimum Gasteiger partial charge on any atom is -0.355 e. The lowest BCUT2D eigenvalue weighted by Crippen LogP contribution is -2.21. The molecule has 4 aromatic heterocycles. The molecule has 4 heterocycles. The first kappa shape index (κ1) is 21.6. The van der Waals surface area contributed by atoms with Crippen LogP contribution in [0.1, 0.15) is 35.8 Å². The molecule has 0 radical (unpaired) electrons. The first-order valence-electron chi connectivity index (χ1n) is 11.3. The van der Waals surface area contributed by atoms with E-state index in [0.29, 0.717) is 17.8 Å². The van der Waals surface area contributed by atoms with Gasteiger partial charge >= 0.3 is 0 Å². The maximum absolute atomic E-state index is 12.6. The van der Waals surface area contributed by atoms with Crippen LogP contribution in [0.4, 0.5) is 5.82 Å². The van der Waals surface area contributed by atoms with Crippen molar-refractivity contribution in [1.82, 2.24) is 29.5 Å². The van der Waals surface area contributed by atoms with Crippen molar-refractivity contribution in [2.45, 2.75) is 26.4 Å². The summed E-state index contributed by atoms with van der Waals surface area (Å²) in [6.45, 7) is 4.95. The maximum atomic E-state index is 12.6. The van der Waals surface area contributed by atoms with Gasteiger partial charge in [-0.05, 0) is 31.5 Å². The quantitative estimate of drug-likeness (QED) is 0.414. The molecule has 0 unspecified atom stereocenters. The number of carbonyl (C=O) groups is 1. The van der Waals surface area contributed by atoms with Gasteiger partial charge in [-0.3, -0.25) is 4.79 Å². The van der Waals surface area contributed by atoms with E-state index >= 15 is 0 Å². The fourth-order valence-corrected chi connectivity index (χ4v) is 4.27. The summed E-state index contributed by atoms with van der Waals surface area (Å²) in [7, 11) is 3.63. The lowest BCUT2D eigenvalue weighted by atomic mass is 10.1. The molecule has 1 amide bonds. The Balaban J connectivity index is 1.73. The van der Waals surface area contributed by atoms with Crippen molar-refractivity contribution >= 4 is 28.4 Å². The molecule has 1 N–H and O–H groups in total. The van der Waals surface area contributed by atoms with Gasteiger partial charge in [-0.25, -0.2) is 9.97 Å². The molecule has 0 fully saturated rings. The van der Waals surface area contributed by atoms with Crippen LogP contribution in [0.15, 0.2) is 67.1 Å². The molecule has 0 saturated carbocycles. The number of amides is 1. The molecule has 0 aliphatic rings. The van der Waals surface area contributed by atoms with E-state index in [2.05, 4.69) is 63.1 Å². The predicted octanol–water partition coefficient (Wildman–Crippen LogP) is 4.32. The van der Waals surface area contributed by atoms with E-state index in [1.54, 1.807) is 24.0 Å². The van der Waals surface area contributed by atoms with Crippen LogP contribution in [-0.2, 0) is 6.54 Å². The number of nitrogens with zero attached hydrogens (tertiary/aromatic N) is 6. The highest BCUT2D eigenvalue weighted by Crippen LogP contribution is 2.33. The molecule has 34 heavy (non-hydrogen) atoms. The van der Waals surface area contributed by atoms with Crippen LogP contribution in [-0.4, -0.2) is 44.2 Å². The van der Waals surface area contributed by atoms with Crippen LogP contribution >= 0.6 is 0 Å². The average molecular weight is 454 g/mol. The molecule has 8 heteroatoms. The Hall–Kier alpha value is -4.20. The Morgan fingerprint density at radius 3 is 2.65 bits per heavy atom. The smallest absolute Gasteiger partial charge is 0.256 e. The van der Waals surface area contributed by atoms with Crippen molar-refractivity contribution in [3.05, 3.63) is 78.2 Å². The third-order valence-corrected chi connectivity index (χ3v) is 6.00. The minimum absolute atomic E-state index is 0.220. The second-order valence-electron chi connectivity index (χ2n) is 8.63. The van der Waals surface area contributed by atoms with Crippen molar-refractivity contribution in [3.63, 3.8) is 0 Å². The van der Waals surface area contributed by atoms with E-state index in [0.717, 1.165) is 28.1 Å². The molecule has 8 nitrogen and oxygen atoms in total. The first-order valence-corrected chi connectivity index (χ1v) is 11.3. The number of carbonyl (C=O) groups excluding carboxylic acids is 1. The van der Waals surface area contributed by atoms with Gasteiger partial charge in [-0.2, -0.15) is 9.61 Å². The maximum Gasteiger partial charge on any atom is 0.256 e. The van der Waals surface area contributed by atoms with Crippen molar-refractivity contribution < 1.29 is 4.79 Å². The fourth-order valence-electron chi connectivity index (χ4n) is 4.27. The summed E-state index contributed by atoms with van der Waals surface area (Å²) in [4.78, 5) is 24.2. The SMILES string of the molecule is CNC(=O)c1cnn2c(N(C)Cc3ccccc3)cc(-c3cn(C(C)C)c4ncccc34)nc12. The average Bonchev–Trinajstić information content (AvgIpc) is 3.45. The third-order valence-electron chi connectivity index (χ3n) is 6.00. The lowest BCUT2D eigenvalue weighted by Gasteiger charge is -2.21. The van der Waals surface area contributed by atoms with E-state index in [9.17, 15) is 4.79 Å². The summed E-state index contributed by atoms with van der Waals surface area (Å²) < 4.78 is 3.89. The zero-order valence-corrected chi connectivity index (χ0v) is 19.7. The number of hydrogen-bond acceptors (Lipinski definition) is 5. The highest BCUT2D eigenvalue weighted by Gasteiger charge is 2.21. The van der Waals surface area contributed by atoms with Gasteiger partial charge < -0.3 is 14.8 Å². The summed E-state index contributed by atoms with van der Waals surface area (Å²) in [5.41, 5.74) is 4.78. The highest BCUT2D eigenvalue weighted by molar-refractivity contribution is 6.00. The van der Waals surface area contributed by atoms with Crippen molar-refractivity contribution in [3.8, 4) is 11.3 Å². The lowest BCUT2D eigenvalue weighted by molar-refractivity contribution is 0.0964. The molecule has 0 aliphatic heterocycles. The predicted molar refractivity (Wildman–Crippen MR) is 134 cm³/mol. The molecule has 0 aliphatic carbocycles. The number of rotatable bonds is 6. The van der Waals surface area contributed by atoms with Gasteiger partial charge in [0, 0.05) is 56.1 Å². The van der Waals surface area contributed by atoms with Crippen molar-refractivity contribution in [1.29, 1.82) is 0 Å². The Morgan fingerprint density at radius 1 is 1.12 bits per heavy atom. The van der Waals surface area contributed by atoms with E-state index in [1.807, 2.05) is 37.4 Å². The summed E-state index contributed by atoms with van der Waals surface area (Å²) in [5, 5.41) is 8.23. The van der Waals surface area contributed by atoms with Gasteiger partial charge in [-0.1, -0.05) is 30.3 Å². The van der Waals surface area contributed by atoms with Crippen LogP contribution in [0.3, 0.4) is 0 Å². The molecule has 0 bridgehead atoms. The Kier molecular flexibility index (Phi) is 5.49. The standard InChI is InChI=1S/C26H27N7O/c1-17(2)32-16-21(19-11-8-12-28-24(19)32)22-13-23(31(4)15-18-9-6-5-7-10-18)33-25(30-22)20(14-29-33)26(34)27-3/h5-14,16-17H,15H2,1-4H3,(H,27,34). The largest absolute Gasteiger partial charge is 0.355 e. The topological polar surface area (TPSA) is 80.4 Å². The molecule has 172 valence electrons. The van der Waals surface area contributed by atoms with E-state index in [-0.39, 0.29) is 11.9 Å². The number of hydrogen-bond donors (Lipinski definition) is 1. The molecule has 0 atom stereocenters. The molecule has 0 spiro atoms. The molecular weight excluding hydrogens is 426 g/mol. The van der Waals surface area contributed by atoms with E-state index in [4.69, 9.17) is 4.98 Å². The zero-order valence-electron chi connectivity index (χ0n) is 19.7. The van der Waals surface area contributed by atoms with Crippen LogP contribution in [0.25, 0.3) is 27.9 Å². The van der Waals surface area contributed by atoms with Gasteiger partial charge in [0.25, 0.3) is 5.91 Å². The first-order chi connectivity index (χ1) is 16.5. The summed E-state index contributed by atoms with van der Waals surface area (Å²) in [5.74, 6) is 0.621. The minimum atomic E-state index is -0.220. The van der Waals surface area contributed by atoms with Gasteiger partial charge in [0.15, 0.2) is 5.65 Å². The molecule has 5 rings (SSSR count). The highest BCUT2D eigenvalue weighted by atomic mass is 16.1. The van der Waals surface area contributed by atoms with E-state index in [1.165, 1.54) is 5.56 Å². The summed E-state index contributed by atoms with van der Waals surface area (Å²) >= 11 is 0. The molecule has 0 saturated heterocycles. The van der Waals surface area contributed by atoms with Crippen LogP contribution in [0.5, 0.6) is 0 Å². The zero-order chi connectivity index (χ0) is 23.8. The third kappa shape index (κ3) is 3.67. The Bertz CT molecular complexity index is 1480. The number of anilines is 1. The molecule has 5 aromatic rings. The number of pyridine rings is 1. The van der Waals surface area contributed by atoms with Gasteiger partial charge in [0.1, 0.15) is 17.0 Å². The van der Waals surface area contributed by atoms with Gasteiger partial charge in [0.2, 0.25) is 0 Å². The number of fused-ring (bicyclic) bond motifs is 2. The normalized spacial score (nSPS) is 11.4. The van der Waals surface area contributed by atoms with Crippen molar-refractivity contribution in [2.24, 2.45) is 0 Å². The number of nitrogens with one attached hydrogen (secondary N) is 1. The van der Waals surface area contributed by atoms with Crippen LogP contribution in [0.2, 0.25) is 0 Å². The second-order valence-corrected chi connectivity index (χ2v) is 8.63. The number of benzene rings is 1. The van der Waals surface area contributed by atoms with Gasteiger partial charge in [0.05, 0.1) is 11.9 Å². The van der Waals surface area contributed by atoms with Crippen LogP contribution < -0.4 is 10.2 Å². The summed E-state index contributed by atoms with van der Waals surface area (Å²) in [6, 6.07) is 16.5.